The highest BCUT2D eigenvalue weighted by Gasteiger charge is 2.31. The zero-order valence-corrected chi connectivity index (χ0v) is 12.8. The van der Waals surface area contributed by atoms with Gasteiger partial charge in [0.2, 0.25) is 0 Å². The van der Waals surface area contributed by atoms with Crippen molar-refractivity contribution >= 4 is 28.6 Å². The van der Waals surface area contributed by atoms with Crippen LogP contribution in [0.15, 0.2) is 23.0 Å². The van der Waals surface area contributed by atoms with E-state index in [2.05, 4.69) is 10.3 Å². The van der Waals surface area contributed by atoms with Crippen molar-refractivity contribution in [2.45, 2.75) is 31.3 Å². The third kappa shape index (κ3) is 2.77. The lowest BCUT2D eigenvalue weighted by Crippen LogP contribution is -2.38. The van der Waals surface area contributed by atoms with Crippen LogP contribution in [0.3, 0.4) is 0 Å². The molecule has 0 spiro atoms. The molecule has 2 heterocycles. The quantitative estimate of drug-likeness (QED) is 0.893. The summed E-state index contributed by atoms with van der Waals surface area (Å²) in [6, 6.07) is 3.77. The van der Waals surface area contributed by atoms with Crippen LogP contribution in [0.5, 0.6) is 0 Å². The zero-order chi connectivity index (χ0) is 14.2. The first-order chi connectivity index (χ1) is 9.58. The van der Waals surface area contributed by atoms with Crippen LogP contribution in [0.2, 0.25) is 0 Å². The Morgan fingerprint density at radius 3 is 3.00 bits per heavy atom. The first-order valence-electron chi connectivity index (χ1n) is 6.56. The van der Waals surface area contributed by atoms with Gasteiger partial charge in [-0.25, -0.2) is 4.98 Å². The number of aliphatic hydroxyl groups is 1. The van der Waals surface area contributed by atoms with Crippen LogP contribution in [-0.4, -0.2) is 22.5 Å². The van der Waals surface area contributed by atoms with E-state index in [0.717, 1.165) is 23.4 Å². The molecular formula is C14H16N2O2S2. The number of nitrogens with one attached hydrogen (secondary N) is 1. The number of aromatic nitrogens is 1. The molecule has 1 aliphatic carbocycles. The van der Waals surface area contributed by atoms with Gasteiger partial charge in [0.15, 0.2) is 0 Å². The highest BCUT2D eigenvalue weighted by Crippen LogP contribution is 2.41. The molecule has 20 heavy (non-hydrogen) atoms. The van der Waals surface area contributed by atoms with Gasteiger partial charge in [-0.3, -0.25) is 4.79 Å². The number of carbonyl (C=O) groups is 1. The summed E-state index contributed by atoms with van der Waals surface area (Å²) in [4.78, 5) is 18.1. The molecule has 1 saturated carbocycles. The molecule has 1 amide bonds. The fourth-order valence-electron chi connectivity index (χ4n) is 2.08. The van der Waals surface area contributed by atoms with Crippen molar-refractivity contribution < 1.29 is 9.90 Å². The molecule has 0 aromatic carbocycles. The van der Waals surface area contributed by atoms with Crippen LogP contribution in [-0.2, 0) is 5.60 Å². The van der Waals surface area contributed by atoms with E-state index in [1.807, 2.05) is 17.5 Å². The summed E-state index contributed by atoms with van der Waals surface area (Å²) in [6.45, 7) is 1.92. The number of hydrogen-bond acceptors (Lipinski definition) is 5. The van der Waals surface area contributed by atoms with E-state index in [1.165, 1.54) is 22.7 Å². The SMILES string of the molecule is CC(O)(CNC(=O)c1scnc1C1CC1)c1cccs1. The number of amides is 1. The van der Waals surface area contributed by atoms with Crippen molar-refractivity contribution in [1.82, 2.24) is 10.3 Å². The summed E-state index contributed by atoms with van der Waals surface area (Å²) in [5, 5.41) is 15.1. The van der Waals surface area contributed by atoms with Gasteiger partial charge in [0.25, 0.3) is 5.91 Å². The molecule has 1 aliphatic rings. The van der Waals surface area contributed by atoms with Gasteiger partial charge in [0, 0.05) is 10.8 Å². The molecule has 1 unspecified atom stereocenters. The monoisotopic (exact) mass is 308 g/mol. The molecule has 4 nitrogen and oxygen atoms in total. The third-order valence-corrected chi connectivity index (χ3v) is 5.37. The Morgan fingerprint density at radius 2 is 2.35 bits per heavy atom. The van der Waals surface area contributed by atoms with Gasteiger partial charge in [0.05, 0.1) is 17.7 Å². The molecule has 0 saturated heterocycles. The van der Waals surface area contributed by atoms with Crippen LogP contribution in [0, 0.1) is 0 Å². The van der Waals surface area contributed by atoms with E-state index < -0.39 is 5.60 Å². The second-order valence-electron chi connectivity index (χ2n) is 5.27. The lowest BCUT2D eigenvalue weighted by molar-refractivity contribution is 0.0557. The maximum absolute atomic E-state index is 12.2. The van der Waals surface area contributed by atoms with Crippen molar-refractivity contribution in [3.63, 3.8) is 0 Å². The van der Waals surface area contributed by atoms with Crippen molar-refractivity contribution in [2.75, 3.05) is 6.54 Å². The van der Waals surface area contributed by atoms with Gasteiger partial charge < -0.3 is 10.4 Å². The van der Waals surface area contributed by atoms with Crippen LogP contribution in [0.4, 0.5) is 0 Å². The van der Waals surface area contributed by atoms with E-state index in [-0.39, 0.29) is 12.5 Å². The van der Waals surface area contributed by atoms with Gasteiger partial charge in [-0.1, -0.05) is 6.07 Å². The summed E-state index contributed by atoms with van der Waals surface area (Å²) in [5.41, 5.74) is 1.61. The molecular weight excluding hydrogens is 292 g/mol. The minimum atomic E-state index is -1.03. The Kier molecular flexibility index (Phi) is 3.62. The second kappa shape index (κ2) is 5.27. The summed E-state index contributed by atoms with van der Waals surface area (Å²) in [5.74, 6) is 0.325. The molecule has 1 fully saturated rings. The van der Waals surface area contributed by atoms with Crippen LogP contribution < -0.4 is 5.32 Å². The molecule has 1 atom stereocenters. The number of nitrogens with zero attached hydrogens (tertiary/aromatic N) is 1. The second-order valence-corrected chi connectivity index (χ2v) is 7.08. The first kappa shape index (κ1) is 13.7. The molecule has 106 valence electrons. The Labute approximate surface area is 125 Å². The number of thiazole rings is 1. The molecule has 0 radical (unpaired) electrons. The van der Waals surface area contributed by atoms with E-state index in [0.29, 0.717) is 10.8 Å². The van der Waals surface area contributed by atoms with Crippen LogP contribution in [0.1, 0.15) is 45.9 Å². The molecule has 2 N–H and O–H groups in total. The molecule has 0 bridgehead atoms. The molecule has 0 aliphatic heterocycles. The van der Waals surface area contributed by atoms with Crippen LogP contribution in [0.25, 0.3) is 0 Å². The minimum absolute atomic E-state index is 0.133. The van der Waals surface area contributed by atoms with Crippen molar-refractivity contribution in [2.24, 2.45) is 0 Å². The lowest BCUT2D eigenvalue weighted by atomic mass is 10.1. The van der Waals surface area contributed by atoms with E-state index in [4.69, 9.17) is 0 Å². The van der Waals surface area contributed by atoms with E-state index >= 15 is 0 Å². The molecule has 3 rings (SSSR count). The summed E-state index contributed by atoms with van der Waals surface area (Å²) < 4.78 is 0. The van der Waals surface area contributed by atoms with Gasteiger partial charge in [0.1, 0.15) is 10.5 Å². The smallest absolute Gasteiger partial charge is 0.263 e. The van der Waals surface area contributed by atoms with Gasteiger partial charge in [-0.15, -0.1) is 22.7 Å². The molecule has 2 aromatic heterocycles. The van der Waals surface area contributed by atoms with Gasteiger partial charge in [-0.2, -0.15) is 0 Å². The van der Waals surface area contributed by atoms with Crippen LogP contribution >= 0.6 is 22.7 Å². The standard InChI is InChI=1S/C14H16N2O2S2/c1-14(18,10-3-2-6-19-10)7-15-13(17)12-11(9-4-5-9)16-8-20-12/h2-3,6,8-9,18H,4-5,7H2,1H3,(H,15,17). The zero-order valence-electron chi connectivity index (χ0n) is 11.1. The number of hydrogen-bond donors (Lipinski definition) is 2. The normalized spacial score (nSPS) is 17.7. The average Bonchev–Trinajstić information content (AvgIpc) is 2.96. The Morgan fingerprint density at radius 1 is 1.55 bits per heavy atom. The number of rotatable bonds is 5. The highest BCUT2D eigenvalue weighted by atomic mass is 32.1. The predicted octanol–water partition coefficient (Wildman–Crippen LogP) is 2.72. The summed E-state index contributed by atoms with van der Waals surface area (Å²) in [6.07, 6.45) is 2.24. The topological polar surface area (TPSA) is 62.2 Å². The van der Waals surface area contributed by atoms with Gasteiger partial charge >= 0.3 is 0 Å². The van der Waals surface area contributed by atoms with E-state index in [9.17, 15) is 9.90 Å². The summed E-state index contributed by atoms with van der Waals surface area (Å²) >= 11 is 2.86. The Balaban J connectivity index is 1.66. The number of thiophene rings is 1. The molecule has 6 heteroatoms. The van der Waals surface area contributed by atoms with Gasteiger partial charge in [-0.05, 0) is 31.2 Å². The fraction of sp³-hybridized carbons (Fsp3) is 0.429. The van der Waals surface area contributed by atoms with Crippen molar-refractivity contribution in [1.29, 1.82) is 0 Å². The summed E-state index contributed by atoms with van der Waals surface area (Å²) in [7, 11) is 0. The highest BCUT2D eigenvalue weighted by molar-refractivity contribution is 7.12. The third-order valence-electron chi connectivity index (χ3n) is 3.41. The number of carbonyl (C=O) groups excluding carboxylic acids is 1. The predicted molar refractivity (Wildman–Crippen MR) is 80.3 cm³/mol. The lowest BCUT2D eigenvalue weighted by Gasteiger charge is -2.22. The minimum Gasteiger partial charge on any atom is -0.383 e. The average molecular weight is 308 g/mol. The maximum Gasteiger partial charge on any atom is 0.263 e. The first-order valence-corrected chi connectivity index (χ1v) is 8.32. The Hall–Kier alpha value is -1.24. The fourth-order valence-corrected chi connectivity index (χ4v) is 3.65. The van der Waals surface area contributed by atoms with Crippen molar-refractivity contribution in [3.05, 3.63) is 38.5 Å². The molecule has 2 aromatic rings. The van der Waals surface area contributed by atoms with Crippen molar-refractivity contribution in [3.8, 4) is 0 Å². The largest absolute Gasteiger partial charge is 0.383 e. The maximum atomic E-state index is 12.2. The Bertz CT molecular complexity index is 600. The van der Waals surface area contributed by atoms with E-state index in [1.54, 1.807) is 12.4 Å².